The quantitative estimate of drug-likeness (QED) is 0.786. The van der Waals surface area contributed by atoms with Gasteiger partial charge < -0.3 is 15.0 Å². The van der Waals surface area contributed by atoms with Gasteiger partial charge in [0.25, 0.3) is 0 Å². The molecular formula is C20H25N3O2S. The van der Waals surface area contributed by atoms with E-state index in [1.54, 1.807) is 11.8 Å². The van der Waals surface area contributed by atoms with Crippen molar-refractivity contribution >= 4 is 23.5 Å². The van der Waals surface area contributed by atoms with Crippen LogP contribution in [0.25, 0.3) is 0 Å². The van der Waals surface area contributed by atoms with Gasteiger partial charge in [0, 0.05) is 31.0 Å². The number of aromatic nitrogens is 1. The number of pyridine rings is 1. The molecule has 0 spiro atoms. The highest BCUT2D eigenvalue weighted by Crippen LogP contribution is 2.25. The summed E-state index contributed by atoms with van der Waals surface area (Å²) >= 11 is 1.70. The Balaban J connectivity index is 1.55. The number of amides is 1. The molecule has 0 bridgehead atoms. The number of nitrogens with one attached hydrogen (secondary N) is 1. The van der Waals surface area contributed by atoms with E-state index < -0.39 is 0 Å². The van der Waals surface area contributed by atoms with Crippen LogP contribution in [0, 0.1) is 0 Å². The lowest BCUT2D eigenvalue weighted by Gasteiger charge is -2.18. The maximum Gasteiger partial charge on any atom is 0.217 e. The molecule has 1 saturated heterocycles. The van der Waals surface area contributed by atoms with Crippen LogP contribution in [0.1, 0.15) is 31.9 Å². The van der Waals surface area contributed by atoms with Gasteiger partial charge in [-0.25, -0.2) is 4.98 Å². The van der Waals surface area contributed by atoms with Gasteiger partial charge in [0.2, 0.25) is 5.91 Å². The molecule has 6 heteroatoms. The molecule has 1 fully saturated rings. The van der Waals surface area contributed by atoms with Crippen molar-refractivity contribution in [1.29, 1.82) is 0 Å². The van der Waals surface area contributed by atoms with Crippen molar-refractivity contribution in [2.75, 3.05) is 24.2 Å². The van der Waals surface area contributed by atoms with E-state index in [1.807, 2.05) is 37.4 Å². The van der Waals surface area contributed by atoms with Crippen molar-refractivity contribution in [2.24, 2.45) is 0 Å². The van der Waals surface area contributed by atoms with Crippen LogP contribution in [-0.4, -0.2) is 36.3 Å². The van der Waals surface area contributed by atoms with Gasteiger partial charge in [-0.1, -0.05) is 12.1 Å². The Morgan fingerprint density at radius 2 is 2.08 bits per heavy atom. The molecule has 2 atom stereocenters. The number of hydrogen-bond acceptors (Lipinski definition) is 5. The summed E-state index contributed by atoms with van der Waals surface area (Å²) < 4.78 is 6.13. The third-order valence-electron chi connectivity index (χ3n) is 4.53. The molecule has 1 N–H and O–H groups in total. The van der Waals surface area contributed by atoms with Crippen molar-refractivity contribution in [2.45, 2.75) is 37.3 Å². The lowest BCUT2D eigenvalue weighted by Crippen LogP contribution is -2.25. The molecule has 1 aliphatic heterocycles. The van der Waals surface area contributed by atoms with Crippen molar-refractivity contribution in [3.8, 4) is 5.75 Å². The monoisotopic (exact) mass is 371 g/mol. The lowest BCUT2D eigenvalue weighted by molar-refractivity contribution is -0.119. The Bertz CT molecular complexity index is 734. The second-order valence-corrected chi connectivity index (χ2v) is 7.40. The van der Waals surface area contributed by atoms with Crippen LogP contribution < -0.4 is 15.0 Å². The van der Waals surface area contributed by atoms with Crippen LogP contribution in [0.15, 0.2) is 47.5 Å². The number of thioether (sulfide) groups is 1. The number of rotatable bonds is 6. The molecule has 0 saturated carbocycles. The Morgan fingerprint density at radius 1 is 1.31 bits per heavy atom. The summed E-state index contributed by atoms with van der Waals surface area (Å²) in [4.78, 5) is 19.1. The first-order valence-electron chi connectivity index (χ1n) is 8.84. The van der Waals surface area contributed by atoms with E-state index >= 15 is 0 Å². The van der Waals surface area contributed by atoms with Crippen molar-refractivity contribution in [1.82, 2.24) is 10.3 Å². The van der Waals surface area contributed by atoms with Crippen molar-refractivity contribution < 1.29 is 9.53 Å². The Morgan fingerprint density at radius 3 is 2.69 bits per heavy atom. The van der Waals surface area contributed by atoms with Gasteiger partial charge >= 0.3 is 0 Å². The zero-order valence-corrected chi connectivity index (χ0v) is 16.3. The highest BCUT2D eigenvalue weighted by atomic mass is 32.2. The first-order valence-corrected chi connectivity index (χ1v) is 10.1. The molecule has 1 aromatic heterocycles. The fourth-order valence-corrected chi connectivity index (χ4v) is 3.49. The summed E-state index contributed by atoms with van der Waals surface area (Å²) in [5, 5.41) is 2.89. The highest BCUT2D eigenvalue weighted by Gasteiger charge is 2.25. The fourth-order valence-electron chi connectivity index (χ4n) is 3.13. The SMILES string of the molecule is CSc1ccc(N2CC[C@@H](Oc3ccc([C@H](C)NC(C)=O)cc3)C2)nc1. The summed E-state index contributed by atoms with van der Waals surface area (Å²) in [5.74, 6) is 1.85. The molecular weight excluding hydrogens is 346 g/mol. The number of anilines is 1. The topological polar surface area (TPSA) is 54.5 Å². The van der Waals surface area contributed by atoms with Gasteiger partial charge in [0.1, 0.15) is 17.7 Å². The second-order valence-electron chi connectivity index (χ2n) is 6.52. The summed E-state index contributed by atoms with van der Waals surface area (Å²) in [6.07, 6.45) is 5.12. The number of hydrogen-bond donors (Lipinski definition) is 1. The number of benzene rings is 1. The van der Waals surface area contributed by atoms with E-state index in [-0.39, 0.29) is 18.1 Å². The normalized spacial score (nSPS) is 17.8. The number of nitrogens with zero attached hydrogens (tertiary/aromatic N) is 2. The van der Waals surface area contributed by atoms with Crippen LogP contribution in [-0.2, 0) is 4.79 Å². The van der Waals surface area contributed by atoms with E-state index in [9.17, 15) is 4.79 Å². The van der Waals surface area contributed by atoms with Crippen molar-refractivity contribution in [3.63, 3.8) is 0 Å². The first-order chi connectivity index (χ1) is 12.5. The van der Waals surface area contributed by atoms with Gasteiger partial charge in [-0.15, -0.1) is 11.8 Å². The molecule has 26 heavy (non-hydrogen) atoms. The highest BCUT2D eigenvalue weighted by molar-refractivity contribution is 7.98. The van der Waals surface area contributed by atoms with E-state index in [0.29, 0.717) is 0 Å². The molecule has 3 rings (SSSR count). The number of ether oxygens (including phenoxy) is 1. The van der Waals surface area contributed by atoms with Gasteiger partial charge in [-0.05, 0) is 43.0 Å². The lowest BCUT2D eigenvalue weighted by atomic mass is 10.1. The minimum Gasteiger partial charge on any atom is -0.489 e. The van der Waals surface area contributed by atoms with Crippen LogP contribution in [0.5, 0.6) is 5.75 Å². The number of carbonyl (C=O) groups is 1. The minimum absolute atomic E-state index is 0.00106. The molecule has 1 aromatic carbocycles. The van der Waals surface area contributed by atoms with E-state index in [2.05, 4.69) is 33.6 Å². The van der Waals surface area contributed by atoms with Gasteiger partial charge in [0.05, 0.1) is 12.6 Å². The molecule has 0 radical (unpaired) electrons. The Labute approximate surface area is 159 Å². The van der Waals surface area contributed by atoms with E-state index in [4.69, 9.17) is 4.74 Å². The average Bonchev–Trinajstić information content (AvgIpc) is 3.10. The third kappa shape index (κ3) is 4.69. The largest absolute Gasteiger partial charge is 0.489 e. The molecule has 138 valence electrons. The predicted octanol–water partition coefficient (Wildman–Crippen LogP) is 3.66. The minimum atomic E-state index is -0.0250. The molecule has 2 aromatic rings. The third-order valence-corrected chi connectivity index (χ3v) is 5.24. The molecule has 0 aliphatic carbocycles. The van der Waals surface area contributed by atoms with Crippen LogP contribution >= 0.6 is 11.8 Å². The molecule has 5 nitrogen and oxygen atoms in total. The fraction of sp³-hybridized carbons (Fsp3) is 0.400. The van der Waals surface area contributed by atoms with Crippen LogP contribution in [0.4, 0.5) is 5.82 Å². The number of carbonyl (C=O) groups excluding carboxylic acids is 1. The maximum absolute atomic E-state index is 11.2. The summed E-state index contributed by atoms with van der Waals surface area (Å²) in [6.45, 7) is 5.30. The van der Waals surface area contributed by atoms with E-state index in [0.717, 1.165) is 36.6 Å². The molecule has 1 amide bonds. The van der Waals surface area contributed by atoms with E-state index in [1.165, 1.54) is 11.8 Å². The van der Waals surface area contributed by atoms with Gasteiger partial charge in [0.15, 0.2) is 0 Å². The average molecular weight is 372 g/mol. The van der Waals surface area contributed by atoms with Gasteiger partial charge in [-0.2, -0.15) is 0 Å². The first kappa shape index (κ1) is 18.6. The Kier molecular flexibility index (Phi) is 6.04. The van der Waals surface area contributed by atoms with Crippen LogP contribution in [0.2, 0.25) is 0 Å². The molecule has 0 unspecified atom stereocenters. The van der Waals surface area contributed by atoms with Gasteiger partial charge in [-0.3, -0.25) is 4.79 Å². The summed E-state index contributed by atoms with van der Waals surface area (Å²) in [6, 6.07) is 12.1. The predicted molar refractivity (Wildman–Crippen MR) is 106 cm³/mol. The maximum atomic E-state index is 11.2. The van der Waals surface area contributed by atoms with Crippen LogP contribution in [0.3, 0.4) is 0 Å². The summed E-state index contributed by atoms with van der Waals surface area (Å²) in [5.41, 5.74) is 1.07. The Hall–Kier alpha value is -2.21. The standard InChI is InChI=1S/C20H25N3O2S/c1-14(22-15(2)24)16-4-6-17(7-5-16)25-18-10-11-23(13-18)20-9-8-19(26-3)12-21-20/h4-9,12,14,18H,10-11,13H2,1-3H3,(H,22,24)/t14-,18+/m0/s1. The second kappa shape index (κ2) is 8.45. The zero-order chi connectivity index (χ0) is 18.5. The zero-order valence-electron chi connectivity index (χ0n) is 15.4. The molecule has 2 heterocycles. The molecule has 1 aliphatic rings. The summed E-state index contributed by atoms with van der Waals surface area (Å²) in [7, 11) is 0. The van der Waals surface area contributed by atoms with Crippen molar-refractivity contribution in [3.05, 3.63) is 48.2 Å². The smallest absolute Gasteiger partial charge is 0.217 e.